The Labute approximate surface area is 123 Å². The maximum Gasteiger partial charge on any atom is 0.242 e. The highest BCUT2D eigenvalue weighted by atomic mass is 32.2. The maximum absolute atomic E-state index is 13.3. The number of sulfonamides is 1. The van der Waals surface area contributed by atoms with Gasteiger partial charge in [-0.2, -0.15) is 0 Å². The molecule has 0 aliphatic rings. The molecule has 0 aliphatic heterocycles. The Morgan fingerprint density at radius 3 is 2.48 bits per heavy atom. The summed E-state index contributed by atoms with van der Waals surface area (Å²) in [5.41, 5.74) is 7.40. The van der Waals surface area contributed by atoms with Crippen LogP contribution in [0.25, 0.3) is 0 Å². The number of hydrogen-bond acceptors (Lipinski definition) is 4. The van der Waals surface area contributed by atoms with Gasteiger partial charge >= 0.3 is 0 Å². The molecule has 2 rings (SSSR count). The number of benzene rings is 2. The van der Waals surface area contributed by atoms with Gasteiger partial charge in [0.2, 0.25) is 10.0 Å². The molecule has 0 unspecified atom stereocenters. The van der Waals surface area contributed by atoms with Crippen molar-refractivity contribution >= 4 is 27.1 Å². The predicted molar refractivity (Wildman–Crippen MR) is 81.5 cm³/mol. The molecule has 0 atom stereocenters. The van der Waals surface area contributed by atoms with Crippen molar-refractivity contribution in [3.63, 3.8) is 0 Å². The van der Waals surface area contributed by atoms with Gasteiger partial charge in [-0.3, -0.25) is 0 Å². The fourth-order valence-electron chi connectivity index (χ4n) is 1.85. The summed E-state index contributed by atoms with van der Waals surface area (Å²) < 4.78 is 39.5. The zero-order valence-corrected chi connectivity index (χ0v) is 12.5. The van der Waals surface area contributed by atoms with Crippen LogP contribution in [0.3, 0.4) is 0 Å². The zero-order valence-electron chi connectivity index (χ0n) is 11.6. The number of aryl methyl sites for hydroxylation is 1. The summed E-state index contributed by atoms with van der Waals surface area (Å²) in [7, 11) is -2.33. The molecule has 0 spiro atoms. The molecule has 0 bridgehead atoms. The molecule has 5 nitrogen and oxygen atoms in total. The molecule has 112 valence electrons. The molecule has 0 saturated carbocycles. The number of rotatable bonds is 4. The van der Waals surface area contributed by atoms with Gasteiger partial charge in [0.05, 0.1) is 5.69 Å². The van der Waals surface area contributed by atoms with Gasteiger partial charge in [-0.1, -0.05) is 0 Å². The smallest absolute Gasteiger partial charge is 0.242 e. The van der Waals surface area contributed by atoms with Gasteiger partial charge in [-0.25, -0.2) is 17.5 Å². The van der Waals surface area contributed by atoms with Crippen molar-refractivity contribution in [1.82, 2.24) is 4.72 Å². The summed E-state index contributed by atoms with van der Waals surface area (Å²) in [5.74, 6) is -0.319. The first kappa shape index (κ1) is 15.3. The first-order chi connectivity index (χ1) is 9.83. The van der Waals surface area contributed by atoms with Gasteiger partial charge in [0.25, 0.3) is 0 Å². The van der Waals surface area contributed by atoms with Crippen molar-refractivity contribution in [2.45, 2.75) is 11.8 Å². The molecule has 0 saturated heterocycles. The second kappa shape index (κ2) is 5.71. The van der Waals surface area contributed by atoms with Gasteiger partial charge < -0.3 is 11.1 Å². The molecule has 0 amide bonds. The molecule has 0 aliphatic carbocycles. The zero-order chi connectivity index (χ0) is 15.6. The third kappa shape index (κ3) is 3.32. The van der Waals surface area contributed by atoms with Crippen molar-refractivity contribution in [2.24, 2.45) is 0 Å². The number of nitrogens with two attached hydrogens (primary N) is 1. The van der Waals surface area contributed by atoms with Gasteiger partial charge in [0.15, 0.2) is 0 Å². The van der Waals surface area contributed by atoms with Crippen LogP contribution in [0.2, 0.25) is 0 Å². The molecule has 2 aromatic carbocycles. The lowest BCUT2D eigenvalue weighted by atomic mass is 10.2. The largest absolute Gasteiger partial charge is 0.399 e. The Bertz CT molecular complexity index is 776. The molecule has 4 N–H and O–H groups in total. The van der Waals surface area contributed by atoms with E-state index < -0.39 is 10.0 Å². The Balaban J connectivity index is 2.47. The van der Waals surface area contributed by atoms with E-state index >= 15 is 0 Å². The third-order valence-corrected chi connectivity index (χ3v) is 4.46. The number of nitrogens with one attached hydrogen (secondary N) is 2. The van der Waals surface area contributed by atoms with Crippen molar-refractivity contribution in [2.75, 3.05) is 18.1 Å². The van der Waals surface area contributed by atoms with Crippen molar-refractivity contribution in [3.05, 3.63) is 47.8 Å². The lowest BCUT2D eigenvalue weighted by Crippen LogP contribution is -2.20. The van der Waals surface area contributed by atoms with E-state index in [-0.39, 0.29) is 10.7 Å². The van der Waals surface area contributed by atoms with Crippen molar-refractivity contribution in [1.29, 1.82) is 0 Å². The monoisotopic (exact) mass is 309 g/mol. The average Bonchev–Trinajstić information content (AvgIpc) is 2.44. The van der Waals surface area contributed by atoms with E-state index in [0.29, 0.717) is 22.6 Å². The van der Waals surface area contributed by atoms with E-state index in [2.05, 4.69) is 10.0 Å². The van der Waals surface area contributed by atoms with Crippen molar-refractivity contribution < 1.29 is 12.8 Å². The Hall–Kier alpha value is -2.12. The highest BCUT2D eigenvalue weighted by Crippen LogP contribution is 2.27. The van der Waals surface area contributed by atoms with Crippen LogP contribution in [0.4, 0.5) is 21.5 Å². The SMILES string of the molecule is CNS(=O)(=O)c1cc(N)ccc1Nc1ccc(F)c(C)c1. The van der Waals surface area contributed by atoms with Gasteiger partial charge in [0, 0.05) is 11.4 Å². The summed E-state index contributed by atoms with van der Waals surface area (Å²) >= 11 is 0. The molecule has 21 heavy (non-hydrogen) atoms. The summed E-state index contributed by atoms with van der Waals surface area (Å²) in [4.78, 5) is 0.0342. The second-order valence-corrected chi connectivity index (χ2v) is 6.41. The third-order valence-electron chi connectivity index (χ3n) is 3.00. The van der Waals surface area contributed by atoms with Gasteiger partial charge in [-0.05, 0) is 55.9 Å². The van der Waals surface area contributed by atoms with E-state index in [0.717, 1.165) is 0 Å². The molecule has 2 aromatic rings. The van der Waals surface area contributed by atoms with Crippen LogP contribution in [0, 0.1) is 12.7 Å². The van der Waals surface area contributed by atoms with Gasteiger partial charge in [-0.15, -0.1) is 0 Å². The van der Waals surface area contributed by atoms with E-state index in [1.165, 1.54) is 25.2 Å². The number of halogens is 1. The average molecular weight is 309 g/mol. The fourth-order valence-corrected chi connectivity index (χ4v) is 2.77. The van der Waals surface area contributed by atoms with Crippen LogP contribution in [0.5, 0.6) is 0 Å². The summed E-state index contributed by atoms with van der Waals surface area (Å²) in [5, 5.41) is 2.97. The second-order valence-electron chi connectivity index (χ2n) is 4.55. The van der Waals surface area contributed by atoms with E-state index in [1.54, 1.807) is 25.1 Å². The lowest BCUT2D eigenvalue weighted by molar-refractivity contribution is 0.588. The van der Waals surface area contributed by atoms with Crippen LogP contribution >= 0.6 is 0 Å². The summed E-state index contributed by atoms with van der Waals surface area (Å²) in [6.07, 6.45) is 0. The van der Waals surface area contributed by atoms with Crippen LogP contribution in [-0.4, -0.2) is 15.5 Å². The van der Waals surface area contributed by atoms with E-state index in [9.17, 15) is 12.8 Å². The van der Waals surface area contributed by atoms with E-state index in [4.69, 9.17) is 5.73 Å². The van der Waals surface area contributed by atoms with E-state index in [1.807, 2.05) is 0 Å². The molecular weight excluding hydrogens is 293 g/mol. The highest BCUT2D eigenvalue weighted by molar-refractivity contribution is 7.89. The quantitative estimate of drug-likeness (QED) is 0.757. The molecule has 7 heteroatoms. The minimum Gasteiger partial charge on any atom is -0.399 e. The standard InChI is InChI=1S/C14H16FN3O2S/c1-9-7-11(4-5-12(9)15)18-13-6-3-10(16)8-14(13)21(19,20)17-2/h3-8,17-18H,16H2,1-2H3. The number of hydrogen-bond donors (Lipinski definition) is 3. The van der Waals surface area contributed by atoms with Crippen LogP contribution in [0.1, 0.15) is 5.56 Å². The van der Waals surface area contributed by atoms with Crippen LogP contribution < -0.4 is 15.8 Å². The van der Waals surface area contributed by atoms with Crippen LogP contribution in [0.15, 0.2) is 41.3 Å². The maximum atomic E-state index is 13.3. The minimum absolute atomic E-state index is 0.0342. The highest BCUT2D eigenvalue weighted by Gasteiger charge is 2.17. The van der Waals surface area contributed by atoms with Gasteiger partial charge in [0.1, 0.15) is 10.7 Å². The predicted octanol–water partition coefficient (Wildman–Crippen LogP) is 2.37. The molecule has 0 radical (unpaired) electrons. The molecule has 0 aromatic heterocycles. The molecular formula is C14H16FN3O2S. The topological polar surface area (TPSA) is 84.2 Å². The molecule has 0 fully saturated rings. The van der Waals surface area contributed by atoms with Crippen LogP contribution in [-0.2, 0) is 10.0 Å². The molecule has 0 heterocycles. The number of anilines is 3. The summed E-state index contributed by atoms with van der Waals surface area (Å²) in [6, 6.07) is 8.98. The minimum atomic E-state index is -3.66. The first-order valence-electron chi connectivity index (χ1n) is 6.20. The Morgan fingerprint density at radius 1 is 1.14 bits per heavy atom. The lowest BCUT2D eigenvalue weighted by Gasteiger charge is -2.13. The normalized spacial score (nSPS) is 11.4. The van der Waals surface area contributed by atoms with Crippen molar-refractivity contribution in [3.8, 4) is 0 Å². The first-order valence-corrected chi connectivity index (χ1v) is 7.68. The number of nitrogen functional groups attached to an aromatic ring is 1. The summed E-state index contributed by atoms with van der Waals surface area (Å²) in [6.45, 7) is 1.63. The fraction of sp³-hybridized carbons (Fsp3) is 0.143. The Morgan fingerprint density at radius 2 is 1.86 bits per heavy atom. The Kier molecular flexibility index (Phi) is 4.15.